The van der Waals surface area contributed by atoms with Crippen LogP contribution in [-0.2, 0) is 24.4 Å². The quantitative estimate of drug-likeness (QED) is 0.488. The van der Waals surface area contributed by atoms with Gasteiger partial charge in [-0.2, -0.15) is 0 Å². The lowest BCUT2D eigenvalue weighted by Gasteiger charge is -2.30. The molecule has 0 spiro atoms. The zero-order valence-electron chi connectivity index (χ0n) is 16.8. The predicted octanol–water partition coefficient (Wildman–Crippen LogP) is 0.978. The van der Waals surface area contributed by atoms with Crippen LogP contribution in [0.2, 0.25) is 5.02 Å². The number of fused-ring (bicyclic) bond motifs is 1. The fourth-order valence-electron chi connectivity index (χ4n) is 2.89. The molecule has 0 aliphatic carbocycles. The molecule has 1 amide bonds. The molecule has 11 nitrogen and oxygen atoms in total. The molecule has 0 saturated heterocycles. The number of nitrogens with one attached hydrogen (secondary N) is 1. The molecule has 1 aromatic heterocycles. The lowest BCUT2D eigenvalue weighted by Crippen LogP contribution is -2.45. The van der Waals surface area contributed by atoms with Crippen LogP contribution in [0.1, 0.15) is 26.9 Å². The van der Waals surface area contributed by atoms with E-state index in [0.29, 0.717) is 0 Å². The highest BCUT2D eigenvalue weighted by molar-refractivity contribution is 8.13. The third-order valence-electron chi connectivity index (χ3n) is 4.44. The summed E-state index contributed by atoms with van der Waals surface area (Å²) in [7, 11) is -4.19. The lowest BCUT2D eigenvalue weighted by atomic mass is 10.1. The summed E-state index contributed by atoms with van der Waals surface area (Å²) in [6.07, 6.45) is -1.06. The Labute approximate surface area is 186 Å². The molecule has 0 aliphatic heterocycles. The number of carbonyl (C=O) groups is 3. The summed E-state index contributed by atoms with van der Waals surface area (Å²) in [4.78, 5) is 48.8. The molecular weight excluding hydrogens is 472 g/mol. The van der Waals surface area contributed by atoms with Crippen molar-refractivity contribution in [2.45, 2.75) is 31.8 Å². The van der Waals surface area contributed by atoms with Gasteiger partial charge in [0, 0.05) is 18.6 Å². The molecular formula is C17H21ClN4O7S2. The van der Waals surface area contributed by atoms with E-state index in [9.17, 15) is 32.7 Å². The molecule has 2 unspecified atom stereocenters. The number of aliphatic carboxylic acids is 1. The molecule has 2 atom stereocenters. The average molecular weight is 493 g/mol. The molecule has 170 valence electrons. The molecule has 4 N–H and O–H groups in total. The first kappa shape index (κ1) is 24.9. The molecule has 0 aliphatic rings. The van der Waals surface area contributed by atoms with Crippen molar-refractivity contribution in [3.8, 4) is 0 Å². The van der Waals surface area contributed by atoms with E-state index in [1.807, 2.05) is 0 Å². The van der Waals surface area contributed by atoms with Crippen LogP contribution in [0.4, 0.5) is 0 Å². The standard InChI is InChI=1S/C17H21ClN4O7S2/c1-8(7-30-10(3)23)16(26)21(6-15(24)25)9(2)22-17(27)11-4-14(31(19,28)29)12(18)5-13(11)20-22/h4-5,8-9,20H,6-7H2,1-3H3,(H,24,25)(H2,19,28,29). The van der Waals surface area contributed by atoms with Gasteiger partial charge in [-0.15, -0.1) is 0 Å². The Hall–Kier alpha value is -2.35. The normalized spacial score (nSPS) is 13.7. The second-order valence-electron chi connectivity index (χ2n) is 6.86. The molecule has 2 aromatic rings. The van der Waals surface area contributed by atoms with Crippen molar-refractivity contribution >= 4 is 61.3 Å². The number of hydrogen-bond acceptors (Lipinski definition) is 7. The number of halogens is 1. The van der Waals surface area contributed by atoms with Crippen molar-refractivity contribution in [1.82, 2.24) is 14.7 Å². The van der Waals surface area contributed by atoms with E-state index in [2.05, 4.69) is 5.10 Å². The number of hydrogen-bond donors (Lipinski definition) is 3. The predicted molar refractivity (Wildman–Crippen MR) is 115 cm³/mol. The van der Waals surface area contributed by atoms with Gasteiger partial charge in [-0.25, -0.2) is 18.2 Å². The Morgan fingerprint density at radius 2 is 1.94 bits per heavy atom. The van der Waals surface area contributed by atoms with Gasteiger partial charge in [0.1, 0.15) is 17.6 Å². The third-order valence-corrected chi connectivity index (χ3v) is 6.89. The van der Waals surface area contributed by atoms with Crippen LogP contribution in [0.5, 0.6) is 0 Å². The molecule has 0 fully saturated rings. The minimum atomic E-state index is -4.19. The Kier molecular flexibility index (Phi) is 7.57. The smallest absolute Gasteiger partial charge is 0.323 e. The highest BCUT2D eigenvalue weighted by atomic mass is 35.5. The molecule has 31 heavy (non-hydrogen) atoms. The number of carboxylic acids is 1. The summed E-state index contributed by atoms with van der Waals surface area (Å²) >= 11 is 6.88. The number of nitrogens with zero attached hydrogens (tertiary/aromatic N) is 2. The molecule has 0 radical (unpaired) electrons. The Morgan fingerprint density at radius 1 is 1.32 bits per heavy atom. The van der Waals surface area contributed by atoms with Gasteiger partial charge in [0.25, 0.3) is 5.56 Å². The number of benzene rings is 1. The van der Waals surface area contributed by atoms with Gasteiger partial charge < -0.3 is 10.0 Å². The highest BCUT2D eigenvalue weighted by Gasteiger charge is 2.30. The second kappa shape index (κ2) is 9.42. The van der Waals surface area contributed by atoms with E-state index in [-0.39, 0.29) is 26.8 Å². The zero-order chi connectivity index (χ0) is 23.7. The van der Waals surface area contributed by atoms with Crippen LogP contribution in [0.3, 0.4) is 0 Å². The maximum Gasteiger partial charge on any atom is 0.323 e. The first-order chi connectivity index (χ1) is 14.2. The number of nitrogens with two attached hydrogens (primary N) is 1. The van der Waals surface area contributed by atoms with Crippen molar-refractivity contribution < 1.29 is 27.9 Å². The van der Waals surface area contributed by atoms with Gasteiger partial charge in [-0.3, -0.25) is 24.3 Å². The molecule has 14 heteroatoms. The minimum absolute atomic E-state index is 0.0526. The van der Waals surface area contributed by atoms with E-state index in [1.165, 1.54) is 19.9 Å². The maximum absolute atomic E-state index is 12.9. The summed E-state index contributed by atoms with van der Waals surface area (Å²) in [5.74, 6) is -2.42. The monoisotopic (exact) mass is 492 g/mol. The summed E-state index contributed by atoms with van der Waals surface area (Å²) in [6.45, 7) is 3.64. The van der Waals surface area contributed by atoms with Crippen molar-refractivity contribution in [1.29, 1.82) is 0 Å². The third kappa shape index (κ3) is 5.67. The molecule has 2 rings (SSSR count). The van der Waals surface area contributed by atoms with E-state index >= 15 is 0 Å². The summed E-state index contributed by atoms with van der Waals surface area (Å²) in [6, 6.07) is 2.22. The molecule has 0 bridgehead atoms. The minimum Gasteiger partial charge on any atom is -0.480 e. The zero-order valence-corrected chi connectivity index (χ0v) is 19.2. The van der Waals surface area contributed by atoms with Crippen LogP contribution in [0.15, 0.2) is 21.8 Å². The number of primary sulfonamides is 1. The van der Waals surface area contributed by atoms with Crippen LogP contribution in [0, 0.1) is 5.92 Å². The number of aromatic amines is 1. The van der Waals surface area contributed by atoms with Crippen LogP contribution < -0.4 is 10.7 Å². The number of carboxylic acid groups (broad SMARTS) is 1. The Morgan fingerprint density at radius 3 is 2.45 bits per heavy atom. The average Bonchev–Trinajstić information content (AvgIpc) is 2.96. The van der Waals surface area contributed by atoms with E-state index < -0.39 is 51.0 Å². The lowest BCUT2D eigenvalue weighted by molar-refractivity contribution is -0.149. The van der Waals surface area contributed by atoms with Gasteiger partial charge in [0.15, 0.2) is 5.12 Å². The van der Waals surface area contributed by atoms with Gasteiger partial charge in [-0.1, -0.05) is 30.3 Å². The van der Waals surface area contributed by atoms with Crippen LogP contribution in [0.25, 0.3) is 10.9 Å². The van der Waals surface area contributed by atoms with Crippen molar-refractivity contribution in [3.63, 3.8) is 0 Å². The van der Waals surface area contributed by atoms with Crippen LogP contribution in [-0.4, -0.2) is 57.5 Å². The van der Waals surface area contributed by atoms with E-state index in [1.54, 1.807) is 6.92 Å². The fourth-order valence-corrected chi connectivity index (χ4v) is 4.62. The highest BCUT2D eigenvalue weighted by Crippen LogP contribution is 2.26. The number of rotatable bonds is 8. The number of H-pyrrole nitrogens is 1. The number of thioether (sulfide) groups is 1. The summed E-state index contributed by atoms with van der Waals surface area (Å²) in [5.41, 5.74) is -0.518. The first-order valence-electron chi connectivity index (χ1n) is 8.86. The van der Waals surface area contributed by atoms with Gasteiger partial charge in [0.05, 0.1) is 15.9 Å². The first-order valence-corrected chi connectivity index (χ1v) is 11.8. The topological polar surface area (TPSA) is 173 Å². The van der Waals surface area contributed by atoms with Gasteiger partial charge >= 0.3 is 5.97 Å². The Bertz CT molecular complexity index is 1210. The Balaban J connectivity index is 2.51. The molecule has 1 heterocycles. The van der Waals surface area contributed by atoms with E-state index in [0.717, 1.165) is 27.4 Å². The number of sulfonamides is 1. The molecule has 0 saturated carbocycles. The fraction of sp³-hybridized carbons (Fsp3) is 0.412. The number of amides is 1. The number of carbonyl (C=O) groups excluding carboxylic acids is 2. The van der Waals surface area contributed by atoms with Crippen molar-refractivity contribution in [2.75, 3.05) is 12.3 Å². The van der Waals surface area contributed by atoms with Gasteiger partial charge in [-0.05, 0) is 19.1 Å². The van der Waals surface area contributed by atoms with Gasteiger partial charge in [0.2, 0.25) is 15.9 Å². The number of aromatic nitrogens is 2. The largest absolute Gasteiger partial charge is 0.480 e. The SMILES string of the molecule is CC(=O)SCC(C)C(=O)N(CC(=O)O)C(C)n1[nH]c2cc(Cl)c(S(N)(=O)=O)cc2c1=O. The van der Waals surface area contributed by atoms with Crippen LogP contribution >= 0.6 is 23.4 Å². The summed E-state index contributed by atoms with van der Waals surface area (Å²) < 4.78 is 24.4. The van der Waals surface area contributed by atoms with Crippen molar-refractivity contribution in [3.05, 3.63) is 27.5 Å². The van der Waals surface area contributed by atoms with Crippen molar-refractivity contribution in [2.24, 2.45) is 11.1 Å². The second-order valence-corrected chi connectivity index (χ2v) is 9.99. The maximum atomic E-state index is 12.9. The summed E-state index contributed by atoms with van der Waals surface area (Å²) in [5, 5.41) is 16.6. The molecule has 1 aromatic carbocycles. The van der Waals surface area contributed by atoms with E-state index in [4.69, 9.17) is 16.7 Å².